The SMILES string of the molecule is CCOC(=O)N1CCN(C(c2ccc(OCC)cc2)C2Sc3nc(CC)nn3C2=O)CC1. The average Bonchev–Trinajstić information content (AvgIpc) is 3.35. The highest BCUT2D eigenvalue weighted by Crippen LogP contribution is 2.41. The summed E-state index contributed by atoms with van der Waals surface area (Å²) >= 11 is 1.47. The summed E-state index contributed by atoms with van der Waals surface area (Å²) in [6, 6.07) is 7.76. The molecular formula is C22H29N5O4S. The van der Waals surface area contributed by atoms with Crippen molar-refractivity contribution in [3.63, 3.8) is 0 Å². The zero-order valence-electron chi connectivity index (χ0n) is 18.7. The Kier molecular flexibility index (Phi) is 7.00. The molecule has 0 spiro atoms. The number of amides is 1. The number of piperazine rings is 1. The van der Waals surface area contributed by atoms with Crippen molar-refractivity contribution >= 4 is 23.8 Å². The van der Waals surface area contributed by atoms with E-state index in [0.29, 0.717) is 56.8 Å². The van der Waals surface area contributed by atoms with Gasteiger partial charge in [0.2, 0.25) is 0 Å². The first-order valence-corrected chi connectivity index (χ1v) is 12.0. The van der Waals surface area contributed by atoms with Crippen LogP contribution in [0.25, 0.3) is 0 Å². The van der Waals surface area contributed by atoms with Gasteiger partial charge in [0.25, 0.3) is 5.91 Å². The molecule has 1 saturated heterocycles. The van der Waals surface area contributed by atoms with E-state index < -0.39 is 0 Å². The van der Waals surface area contributed by atoms with Gasteiger partial charge in [-0.05, 0) is 31.5 Å². The maximum atomic E-state index is 13.3. The monoisotopic (exact) mass is 459 g/mol. The predicted octanol–water partition coefficient (Wildman–Crippen LogP) is 2.87. The number of nitrogens with zero attached hydrogens (tertiary/aromatic N) is 5. The summed E-state index contributed by atoms with van der Waals surface area (Å²) in [6.07, 6.45) is 0.406. The second-order valence-corrected chi connectivity index (χ2v) is 8.73. The molecule has 4 rings (SSSR count). The molecule has 0 saturated carbocycles. The summed E-state index contributed by atoms with van der Waals surface area (Å²) in [5.41, 5.74) is 1.03. The van der Waals surface area contributed by atoms with E-state index in [9.17, 15) is 9.59 Å². The standard InChI is InChI=1S/C22H29N5O4S/c1-4-17-23-21-27(24-17)20(28)19(32-21)18(15-7-9-16(10-8-15)30-5-2)25-11-13-26(14-12-25)22(29)31-6-3/h7-10,18-19H,4-6,11-14H2,1-3H3. The molecule has 2 aromatic rings. The zero-order chi connectivity index (χ0) is 22.7. The lowest BCUT2D eigenvalue weighted by atomic mass is 10.00. The zero-order valence-corrected chi connectivity index (χ0v) is 19.5. The Balaban J connectivity index is 1.57. The minimum atomic E-state index is -0.358. The molecular weight excluding hydrogens is 430 g/mol. The molecule has 9 nitrogen and oxygen atoms in total. The van der Waals surface area contributed by atoms with Crippen LogP contribution in [-0.4, -0.2) is 81.2 Å². The van der Waals surface area contributed by atoms with Crippen LogP contribution in [0.3, 0.4) is 0 Å². The number of aromatic nitrogens is 3. The Morgan fingerprint density at radius 2 is 1.84 bits per heavy atom. The van der Waals surface area contributed by atoms with E-state index in [1.54, 1.807) is 11.8 Å². The van der Waals surface area contributed by atoms with Gasteiger partial charge >= 0.3 is 6.09 Å². The third-order valence-electron chi connectivity index (χ3n) is 5.68. The van der Waals surface area contributed by atoms with Crippen molar-refractivity contribution in [2.75, 3.05) is 39.4 Å². The van der Waals surface area contributed by atoms with Gasteiger partial charge in [-0.3, -0.25) is 9.69 Å². The number of fused-ring (bicyclic) bond motifs is 1. The topological polar surface area (TPSA) is 89.8 Å². The maximum Gasteiger partial charge on any atom is 0.409 e. The second kappa shape index (κ2) is 9.91. The van der Waals surface area contributed by atoms with Crippen LogP contribution >= 0.6 is 11.8 Å². The highest BCUT2D eigenvalue weighted by molar-refractivity contribution is 8.00. The number of aryl methyl sites for hydroxylation is 1. The van der Waals surface area contributed by atoms with Crippen LogP contribution in [0.2, 0.25) is 0 Å². The van der Waals surface area contributed by atoms with Gasteiger partial charge in [-0.25, -0.2) is 9.78 Å². The van der Waals surface area contributed by atoms with Crippen molar-refractivity contribution in [1.29, 1.82) is 0 Å². The Labute approximate surface area is 192 Å². The quantitative estimate of drug-likeness (QED) is 0.624. The molecule has 0 radical (unpaired) electrons. The van der Waals surface area contributed by atoms with E-state index in [4.69, 9.17) is 9.47 Å². The van der Waals surface area contributed by atoms with Crippen molar-refractivity contribution in [1.82, 2.24) is 24.6 Å². The number of ether oxygens (including phenoxy) is 2. The first-order chi connectivity index (χ1) is 15.5. The summed E-state index contributed by atoms with van der Waals surface area (Å²) in [7, 11) is 0. The van der Waals surface area contributed by atoms with Crippen molar-refractivity contribution in [2.45, 2.75) is 43.6 Å². The number of thioether (sulfide) groups is 1. The Hall–Kier alpha value is -2.59. The molecule has 3 heterocycles. The predicted molar refractivity (Wildman–Crippen MR) is 120 cm³/mol. The van der Waals surface area contributed by atoms with E-state index in [-0.39, 0.29) is 23.3 Å². The van der Waals surface area contributed by atoms with Crippen molar-refractivity contribution in [3.8, 4) is 5.75 Å². The van der Waals surface area contributed by atoms with Crippen LogP contribution in [0.15, 0.2) is 29.4 Å². The van der Waals surface area contributed by atoms with Crippen LogP contribution < -0.4 is 4.74 Å². The van der Waals surface area contributed by atoms with E-state index in [0.717, 1.165) is 11.3 Å². The highest BCUT2D eigenvalue weighted by atomic mass is 32.2. The van der Waals surface area contributed by atoms with Gasteiger partial charge in [-0.2, -0.15) is 4.68 Å². The van der Waals surface area contributed by atoms with Crippen LogP contribution in [0.5, 0.6) is 5.75 Å². The molecule has 1 aromatic carbocycles. The van der Waals surface area contributed by atoms with E-state index in [1.165, 1.54) is 16.4 Å². The average molecular weight is 460 g/mol. The Morgan fingerprint density at radius 1 is 1.12 bits per heavy atom. The van der Waals surface area contributed by atoms with Gasteiger partial charge in [0.15, 0.2) is 11.0 Å². The lowest BCUT2D eigenvalue weighted by Gasteiger charge is -2.40. The largest absolute Gasteiger partial charge is 0.494 e. The third-order valence-corrected chi connectivity index (χ3v) is 6.86. The summed E-state index contributed by atoms with van der Waals surface area (Å²) in [5.74, 6) is 1.43. The van der Waals surface area contributed by atoms with Crippen molar-refractivity contribution < 1.29 is 19.1 Å². The van der Waals surface area contributed by atoms with Crippen LogP contribution in [-0.2, 0) is 11.2 Å². The second-order valence-electron chi connectivity index (χ2n) is 7.62. The van der Waals surface area contributed by atoms with Crippen LogP contribution in [0.1, 0.15) is 43.0 Å². The van der Waals surface area contributed by atoms with Gasteiger partial charge in [-0.15, -0.1) is 5.10 Å². The lowest BCUT2D eigenvalue weighted by Crippen LogP contribution is -2.52. The third kappa shape index (κ3) is 4.47. The molecule has 1 aromatic heterocycles. The summed E-state index contributed by atoms with van der Waals surface area (Å²) < 4.78 is 12.2. The summed E-state index contributed by atoms with van der Waals surface area (Å²) in [4.78, 5) is 33.9. The lowest BCUT2D eigenvalue weighted by molar-refractivity contribution is 0.0600. The molecule has 2 aliphatic heterocycles. The molecule has 172 valence electrons. The van der Waals surface area contributed by atoms with E-state index in [1.807, 2.05) is 38.1 Å². The van der Waals surface area contributed by atoms with Gasteiger partial charge in [0.05, 0.1) is 19.3 Å². The van der Waals surface area contributed by atoms with Crippen molar-refractivity contribution in [2.24, 2.45) is 0 Å². The molecule has 0 bridgehead atoms. The first-order valence-electron chi connectivity index (χ1n) is 11.1. The van der Waals surface area contributed by atoms with Crippen molar-refractivity contribution in [3.05, 3.63) is 35.7 Å². The molecule has 10 heteroatoms. The molecule has 32 heavy (non-hydrogen) atoms. The highest BCUT2D eigenvalue weighted by Gasteiger charge is 2.43. The minimum absolute atomic E-state index is 0.0519. The molecule has 2 unspecified atom stereocenters. The summed E-state index contributed by atoms with van der Waals surface area (Å²) in [6.45, 7) is 9.10. The van der Waals surface area contributed by atoms with Crippen LogP contribution in [0.4, 0.5) is 4.79 Å². The fourth-order valence-electron chi connectivity index (χ4n) is 4.09. The number of hydrogen-bond acceptors (Lipinski definition) is 8. The molecule has 0 aliphatic carbocycles. The molecule has 2 atom stereocenters. The number of hydrogen-bond donors (Lipinski definition) is 0. The Morgan fingerprint density at radius 3 is 2.44 bits per heavy atom. The number of carbonyl (C=O) groups is 2. The van der Waals surface area contributed by atoms with Gasteiger partial charge in [0, 0.05) is 32.6 Å². The molecule has 0 N–H and O–H groups in total. The molecule has 1 fully saturated rings. The smallest absolute Gasteiger partial charge is 0.409 e. The van der Waals surface area contributed by atoms with Gasteiger partial charge in [-0.1, -0.05) is 30.8 Å². The first kappa shape index (κ1) is 22.6. The Bertz CT molecular complexity index is 956. The van der Waals surface area contributed by atoms with E-state index in [2.05, 4.69) is 15.0 Å². The maximum absolute atomic E-state index is 13.3. The number of carbonyl (C=O) groups excluding carboxylic acids is 2. The molecule has 2 aliphatic rings. The van der Waals surface area contributed by atoms with E-state index >= 15 is 0 Å². The summed E-state index contributed by atoms with van der Waals surface area (Å²) in [5, 5.41) is 4.68. The fourth-order valence-corrected chi connectivity index (χ4v) is 5.37. The number of rotatable bonds is 7. The van der Waals surface area contributed by atoms with Gasteiger partial charge in [0.1, 0.15) is 11.0 Å². The number of benzene rings is 1. The van der Waals surface area contributed by atoms with Gasteiger partial charge < -0.3 is 14.4 Å². The normalized spacial score (nSPS) is 19.7. The minimum Gasteiger partial charge on any atom is -0.494 e. The molecule has 1 amide bonds. The van der Waals surface area contributed by atoms with Crippen LogP contribution in [0, 0.1) is 0 Å². The fraction of sp³-hybridized carbons (Fsp3) is 0.545.